The van der Waals surface area contributed by atoms with Crippen molar-refractivity contribution >= 4 is 11.9 Å². The van der Waals surface area contributed by atoms with Gasteiger partial charge in [-0.15, -0.1) is 0 Å². The molecule has 5 nitrogen and oxygen atoms in total. The van der Waals surface area contributed by atoms with Crippen LogP contribution in [0.2, 0.25) is 0 Å². The lowest BCUT2D eigenvalue weighted by atomic mass is 9.94. The Labute approximate surface area is 160 Å². The van der Waals surface area contributed by atoms with E-state index in [0.29, 0.717) is 19.5 Å². The van der Waals surface area contributed by atoms with Gasteiger partial charge in [0.05, 0.1) is 7.11 Å². The van der Waals surface area contributed by atoms with E-state index < -0.39 is 0 Å². The summed E-state index contributed by atoms with van der Waals surface area (Å²) >= 11 is 0. The van der Waals surface area contributed by atoms with Crippen molar-refractivity contribution in [3.8, 4) is 0 Å². The lowest BCUT2D eigenvalue weighted by molar-refractivity contribution is -0.924. The smallest absolute Gasteiger partial charge is 0.365 e. The first kappa shape index (κ1) is 19.1. The van der Waals surface area contributed by atoms with Gasteiger partial charge < -0.3 is 15.0 Å². The second-order valence-corrected chi connectivity index (χ2v) is 7.00. The lowest BCUT2D eigenvalue weighted by Crippen LogP contribution is -3.17. The molecule has 0 spiro atoms. The average molecular weight is 367 g/mol. The van der Waals surface area contributed by atoms with Crippen LogP contribution in [0.3, 0.4) is 0 Å². The highest BCUT2D eigenvalue weighted by Crippen LogP contribution is 2.14. The number of fused-ring (bicyclic) bond motifs is 1. The monoisotopic (exact) mass is 367 g/mol. The molecular weight excluding hydrogens is 340 g/mol. The fourth-order valence-electron chi connectivity index (χ4n) is 3.67. The number of amides is 1. The molecule has 1 aliphatic heterocycles. The Morgan fingerprint density at radius 2 is 1.78 bits per heavy atom. The van der Waals surface area contributed by atoms with Crippen molar-refractivity contribution in [1.82, 2.24) is 5.32 Å². The van der Waals surface area contributed by atoms with Crippen LogP contribution >= 0.6 is 0 Å². The molecule has 0 aromatic heterocycles. The summed E-state index contributed by atoms with van der Waals surface area (Å²) in [6.45, 7) is 1.58. The van der Waals surface area contributed by atoms with E-state index in [1.54, 1.807) is 0 Å². The second-order valence-electron chi connectivity index (χ2n) is 7.00. The van der Waals surface area contributed by atoms with Gasteiger partial charge in [-0.25, -0.2) is 4.79 Å². The molecule has 0 saturated heterocycles. The first-order valence-electron chi connectivity index (χ1n) is 9.47. The van der Waals surface area contributed by atoms with E-state index in [1.807, 2.05) is 36.4 Å². The molecule has 3 rings (SSSR count). The van der Waals surface area contributed by atoms with E-state index in [9.17, 15) is 9.59 Å². The van der Waals surface area contributed by atoms with Gasteiger partial charge in [0.2, 0.25) is 0 Å². The maximum absolute atomic E-state index is 12.4. The number of quaternary nitrogens is 1. The first-order chi connectivity index (χ1) is 13.2. The van der Waals surface area contributed by atoms with E-state index in [2.05, 4.69) is 23.5 Å². The summed E-state index contributed by atoms with van der Waals surface area (Å²) < 4.78 is 4.97. The maximum Gasteiger partial charge on any atom is 0.365 e. The van der Waals surface area contributed by atoms with Crippen molar-refractivity contribution in [1.29, 1.82) is 0 Å². The Kier molecular flexibility index (Phi) is 6.60. The molecule has 1 unspecified atom stereocenters. The van der Waals surface area contributed by atoms with Crippen molar-refractivity contribution in [3.63, 3.8) is 0 Å². The standard InChI is InChI=1S/C22H26N2O3/c1-27-22(26)20-14-18-11-5-6-12-19(18)15-24(20)16-21(25)23-13-7-10-17-8-3-2-4-9-17/h2-6,8-9,11-12,20H,7,10,13-16H2,1H3,(H,23,25)/p+1/t20-/m0/s1. The third-order valence-corrected chi connectivity index (χ3v) is 5.13. The summed E-state index contributed by atoms with van der Waals surface area (Å²) in [7, 11) is 1.41. The Hall–Kier alpha value is -2.66. The lowest BCUT2D eigenvalue weighted by Gasteiger charge is -2.31. The summed E-state index contributed by atoms with van der Waals surface area (Å²) in [6, 6.07) is 18.0. The van der Waals surface area contributed by atoms with Crippen molar-refractivity contribution < 1.29 is 19.2 Å². The molecular formula is C22H27N2O3+. The molecule has 1 aliphatic rings. The summed E-state index contributed by atoms with van der Waals surface area (Å²) in [5.74, 6) is -0.275. The molecule has 0 saturated carbocycles. The first-order valence-corrected chi connectivity index (χ1v) is 9.47. The van der Waals surface area contributed by atoms with Crippen LogP contribution in [0, 0.1) is 0 Å². The number of rotatable bonds is 7. The minimum atomic E-state index is -0.333. The van der Waals surface area contributed by atoms with Gasteiger partial charge in [-0.1, -0.05) is 54.6 Å². The fourth-order valence-corrected chi connectivity index (χ4v) is 3.67. The SMILES string of the molecule is COC(=O)[C@@H]1Cc2ccccc2C[NH+]1CC(=O)NCCCc1ccccc1. The largest absolute Gasteiger partial charge is 0.465 e. The molecule has 1 amide bonds. The third-order valence-electron chi connectivity index (χ3n) is 5.13. The summed E-state index contributed by atoms with van der Waals surface area (Å²) in [6.07, 6.45) is 2.45. The predicted octanol–water partition coefficient (Wildman–Crippen LogP) is 0.918. The normalized spacial score (nSPS) is 18.4. The van der Waals surface area contributed by atoms with E-state index in [-0.39, 0.29) is 24.5 Å². The van der Waals surface area contributed by atoms with E-state index in [4.69, 9.17) is 4.74 Å². The number of hydrogen-bond acceptors (Lipinski definition) is 3. The molecule has 2 aromatic carbocycles. The van der Waals surface area contributed by atoms with Gasteiger partial charge in [0, 0.05) is 18.5 Å². The predicted molar refractivity (Wildman–Crippen MR) is 103 cm³/mol. The van der Waals surface area contributed by atoms with Crippen LogP contribution in [0.4, 0.5) is 0 Å². The fraction of sp³-hybridized carbons (Fsp3) is 0.364. The molecule has 1 heterocycles. The van der Waals surface area contributed by atoms with Crippen LogP contribution in [0.5, 0.6) is 0 Å². The van der Waals surface area contributed by atoms with Crippen LogP contribution in [-0.2, 0) is 33.7 Å². The van der Waals surface area contributed by atoms with Gasteiger partial charge in [0.25, 0.3) is 5.91 Å². The molecule has 0 fully saturated rings. The van der Waals surface area contributed by atoms with Gasteiger partial charge >= 0.3 is 5.97 Å². The highest BCUT2D eigenvalue weighted by atomic mass is 16.5. The molecule has 0 bridgehead atoms. The van der Waals surface area contributed by atoms with E-state index in [0.717, 1.165) is 17.7 Å². The molecule has 2 atom stereocenters. The Morgan fingerprint density at radius 3 is 2.52 bits per heavy atom. The molecule has 2 aromatic rings. The quantitative estimate of drug-likeness (QED) is 0.565. The Morgan fingerprint density at radius 1 is 1.07 bits per heavy atom. The number of aryl methyl sites for hydroxylation is 1. The average Bonchev–Trinajstić information content (AvgIpc) is 2.71. The Bertz CT molecular complexity index is 776. The van der Waals surface area contributed by atoms with Crippen LogP contribution in [0.15, 0.2) is 54.6 Å². The van der Waals surface area contributed by atoms with Crippen molar-refractivity contribution in [2.45, 2.75) is 31.8 Å². The highest BCUT2D eigenvalue weighted by molar-refractivity contribution is 5.78. The number of carbonyl (C=O) groups excluding carboxylic acids is 2. The minimum absolute atomic E-state index is 0.0219. The number of ether oxygens (including phenoxy) is 1. The van der Waals surface area contributed by atoms with Crippen molar-refractivity contribution in [2.24, 2.45) is 0 Å². The number of methoxy groups -OCH3 is 1. The van der Waals surface area contributed by atoms with Gasteiger partial charge in [-0.05, 0) is 24.0 Å². The maximum atomic E-state index is 12.4. The molecule has 0 radical (unpaired) electrons. The number of nitrogens with one attached hydrogen (secondary N) is 2. The number of carbonyl (C=O) groups is 2. The van der Waals surface area contributed by atoms with Gasteiger partial charge in [-0.3, -0.25) is 4.79 Å². The molecule has 142 valence electrons. The number of hydrogen-bond donors (Lipinski definition) is 2. The van der Waals surface area contributed by atoms with Crippen LogP contribution in [0.25, 0.3) is 0 Å². The van der Waals surface area contributed by atoms with Gasteiger partial charge in [0.15, 0.2) is 12.6 Å². The van der Waals surface area contributed by atoms with Crippen LogP contribution in [-0.4, -0.2) is 38.1 Å². The summed E-state index contributed by atoms with van der Waals surface area (Å²) in [5.41, 5.74) is 3.64. The third kappa shape index (κ3) is 5.17. The van der Waals surface area contributed by atoms with Crippen molar-refractivity contribution in [2.75, 3.05) is 20.2 Å². The number of esters is 1. The topological polar surface area (TPSA) is 59.8 Å². The summed E-state index contributed by atoms with van der Waals surface area (Å²) in [5, 5.41) is 2.99. The van der Waals surface area contributed by atoms with E-state index >= 15 is 0 Å². The van der Waals surface area contributed by atoms with Crippen LogP contribution < -0.4 is 10.2 Å². The van der Waals surface area contributed by atoms with Gasteiger partial charge in [-0.2, -0.15) is 0 Å². The molecule has 5 heteroatoms. The molecule has 2 N–H and O–H groups in total. The van der Waals surface area contributed by atoms with Crippen LogP contribution in [0.1, 0.15) is 23.1 Å². The van der Waals surface area contributed by atoms with Crippen molar-refractivity contribution in [3.05, 3.63) is 71.3 Å². The molecule has 0 aliphatic carbocycles. The zero-order chi connectivity index (χ0) is 19.1. The Balaban J connectivity index is 1.52. The van der Waals surface area contributed by atoms with Gasteiger partial charge in [0.1, 0.15) is 6.54 Å². The highest BCUT2D eigenvalue weighted by Gasteiger charge is 2.36. The number of benzene rings is 2. The van der Waals surface area contributed by atoms with E-state index in [1.165, 1.54) is 23.8 Å². The summed E-state index contributed by atoms with van der Waals surface area (Å²) in [4.78, 5) is 25.6. The molecule has 27 heavy (non-hydrogen) atoms. The minimum Gasteiger partial charge on any atom is -0.465 e. The second kappa shape index (κ2) is 9.33. The zero-order valence-corrected chi connectivity index (χ0v) is 15.7. The zero-order valence-electron chi connectivity index (χ0n) is 15.7.